The summed E-state index contributed by atoms with van der Waals surface area (Å²) in [6, 6.07) is 11.3. The van der Waals surface area contributed by atoms with E-state index in [0.29, 0.717) is 24.2 Å². The molecule has 1 N–H and O–H groups in total. The predicted molar refractivity (Wildman–Crippen MR) is 130 cm³/mol. The van der Waals surface area contributed by atoms with E-state index in [0.717, 1.165) is 56.3 Å². The summed E-state index contributed by atoms with van der Waals surface area (Å²) >= 11 is 7.62. The number of fused-ring (bicyclic) bond motifs is 1. The molecule has 0 spiro atoms. The molecule has 0 unspecified atom stereocenters. The van der Waals surface area contributed by atoms with Crippen molar-refractivity contribution in [2.24, 2.45) is 0 Å². The van der Waals surface area contributed by atoms with E-state index in [-0.39, 0.29) is 6.42 Å². The molecule has 33 heavy (non-hydrogen) atoms. The number of benzene rings is 2. The van der Waals surface area contributed by atoms with Crippen molar-refractivity contribution in [3.8, 4) is 21.8 Å². The summed E-state index contributed by atoms with van der Waals surface area (Å²) in [5.41, 5.74) is 5.03. The molecule has 2 aromatic carbocycles. The van der Waals surface area contributed by atoms with Gasteiger partial charge in [-0.1, -0.05) is 23.7 Å². The van der Waals surface area contributed by atoms with E-state index in [1.165, 1.54) is 11.3 Å². The van der Waals surface area contributed by atoms with E-state index < -0.39 is 5.97 Å². The fraction of sp³-hybridized carbons (Fsp3) is 0.250. The summed E-state index contributed by atoms with van der Waals surface area (Å²) < 4.78 is 6.36. The molecule has 9 heteroatoms. The molecular weight excluding hydrogens is 460 g/mol. The summed E-state index contributed by atoms with van der Waals surface area (Å²) in [5, 5.41) is 10.9. The molecule has 0 aliphatic carbocycles. The highest BCUT2D eigenvalue weighted by Gasteiger charge is 2.21. The van der Waals surface area contributed by atoms with Crippen LogP contribution in [0.25, 0.3) is 32.0 Å². The SMILES string of the molecule is Cc1cc2nc(-c3ccnc(N4CCOCC4)n3)sc2c(-c2ccc(Cl)cc2)c1CC(=O)O. The van der Waals surface area contributed by atoms with Crippen LogP contribution in [0.4, 0.5) is 5.95 Å². The molecule has 0 radical (unpaired) electrons. The van der Waals surface area contributed by atoms with Gasteiger partial charge in [0.2, 0.25) is 5.95 Å². The Labute approximate surface area is 199 Å². The lowest BCUT2D eigenvalue weighted by Gasteiger charge is -2.26. The van der Waals surface area contributed by atoms with Crippen molar-refractivity contribution in [3.63, 3.8) is 0 Å². The maximum Gasteiger partial charge on any atom is 0.307 e. The lowest BCUT2D eigenvalue weighted by Crippen LogP contribution is -2.37. The van der Waals surface area contributed by atoms with Gasteiger partial charge in [-0.3, -0.25) is 4.79 Å². The van der Waals surface area contributed by atoms with Crippen LogP contribution in [-0.2, 0) is 16.0 Å². The maximum absolute atomic E-state index is 11.6. The molecule has 5 rings (SSSR count). The maximum atomic E-state index is 11.6. The van der Waals surface area contributed by atoms with Crippen molar-refractivity contribution in [2.45, 2.75) is 13.3 Å². The summed E-state index contributed by atoms with van der Waals surface area (Å²) in [6.07, 6.45) is 1.68. The van der Waals surface area contributed by atoms with E-state index in [9.17, 15) is 9.90 Å². The van der Waals surface area contributed by atoms with Gasteiger partial charge in [0, 0.05) is 29.9 Å². The Bertz CT molecular complexity index is 1330. The number of carbonyl (C=O) groups is 1. The number of hydrogen-bond acceptors (Lipinski definition) is 7. The Morgan fingerprint density at radius 3 is 2.67 bits per heavy atom. The molecule has 168 valence electrons. The van der Waals surface area contributed by atoms with Crippen LogP contribution in [0.5, 0.6) is 0 Å². The summed E-state index contributed by atoms with van der Waals surface area (Å²) in [5.74, 6) is -0.209. The monoisotopic (exact) mass is 480 g/mol. The molecule has 1 aliphatic rings. The number of aryl methyl sites for hydroxylation is 1. The molecule has 2 aromatic heterocycles. The van der Waals surface area contributed by atoms with Crippen LogP contribution in [0.15, 0.2) is 42.6 Å². The Morgan fingerprint density at radius 2 is 1.94 bits per heavy atom. The minimum atomic E-state index is -0.872. The molecule has 1 aliphatic heterocycles. The first-order chi connectivity index (χ1) is 16.0. The lowest BCUT2D eigenvalue weighted by atomic mass is 9.93. The second kappa shape index (κ2) is 9.05. The number of carboxylic acid groups (broad SMARTS) is 1. The lowest BCUT2D eigenvalue weighted by molar-refractivity contribution is -0.136. The Morgan fingerprint density at radius 1 is 1.18 bits per heavy atom. The standard InChI is InChI=1S/C24H21ClN4O3S/c1-14-12-19-22(21(17(14)13-20(30)31)15-2-4-16(25)5-3-15)33-23(27-19)18-6-7-26-24(28-18)29-8-10-32-11-9-29/h2-7,12H,8-11,13H2,1H3,(H,30,31). The molecule has 0 saturated carbocycles. The number of rotatable bonds is 5. The fourth-order valence-electron chi connectivity index (χ4n) is 4.03. The molecule has 0 bridgehead atoms. The zero-order valence-corrected chi connectivity index (χ0v) is 19.5. The third-order valence-corrected chi connectivity index (χ3v) is 6.99. The molecule has 7 nitrogen and oxygen atoms in total. The molecule has 1 fully saturated rings. The minimum absolute atomic E-state index is 0.0678. The first-order valence-electron chi connectivity index (χ1n) is 10.6. The Kier molecular flexibility index (Phi) is 5.97. The van der Waals surface area contributed by atoms with Crippen molar-refractivity contribution < 1.29 is 14.6 Å². The van der Waals surface area contributed by atoms with Crippen molar-refractivity contribution in [2.75, 3.05) is 31.2 Å². The van der Waals surface area contributed by atoms with Gasteiger partial charge in [-0.25, -0.2) is 15.0 Å². The summed E-state index contributed by atoms with van der Waals surface area (Å²) in [4.78, 5) is 27.8. The van der Waals surface area contributed by atoms with Gasteiger partial charge in [0.25, 0.3) is 0 Å². The van der Waals surface area contributed by atoms with Crippen molar-refractivity contribution >= 4 is 45.1 Å². The van der Waals surface area contributed by atoms with Crippen LogP contribution in [0.2, 0.25) is 5.02 Å². The van der Waals surface area contributed by atoms with Crippen molar-refractivity contribution in [1.29, 1.82) is 0 Å². The molecule has 0 amide bonds. The number of morpholine rings is 1. The van der Waals surface area contributed by atoms with Crippen LogP contribution in [0.3, 0.4) is 0 Å². The van der Waals surface area contributed by atoms with E-state index in [1.54, 1.807) is 6.20 Å². The highest BCUT2D eigenvalue weighted by Crippen LogP contribution is 2.40. The van der Waals surface area contributed by atoms with Gasteiger partial charge in [-0.15, -0.1) is 11.3 Å². The van der Waals surface area contributed by atoms with Crippen molar-refractivity contribution in [1.82, 2.24) is 15.0 Å². The molecular formula is C24H21ClN4O3S. The quantitative estimate of drug-likeness (QED) is 0.437. The van der Waals surface area contributed by atoms with Gasteiger partial charge in [0.15, 0.2) is 0 Å². The number of hydrogen-bond donors (Lipinski definition) is 1. The number of carboxylic acids is 1. The van der Waals surface area contributed by atoms with Gasteiger partial charge in [-0.05, 0) is 47.9 Å². The zero-order valence-electron chi connectivity index (χ0n) is 17.9. The molecule has 3 heterocycles. The molecule has 1 saturated heterocycles. The summed E-state index contributed by atoms with van der Waals surface area (Å²) in [7, 11) is 0. The third-order valence-electron chi connectivity index (χ3n) is 5.63. The normalized spacial score (nSPS) is 14.1. The van der Waals surface area contributed by atoms with Gasteiger partial charge in [0.1, 0.15) is 10.7 Å². The third kappa shape index (κ3) is 4.42. The zero-order chi connectivity index (χ0) is 22.9. The first kappa shape index (κ1) is 21.8. The van der Waals surface area contributed by atoms with E-state index in [4.69, 9.17) is 26.3 Å². The smallest absolute Gasteiger partial charge is 0.307 e. The van der Waals surface area contributed by atoms with Crippen LogP contribution >= 0.6 is 22.9 Å². The highest BCUT2D eigenvalue weighted by molar-refractivity contribution is 7.22. The topological polar surface area (TPSA) is 88.4 Å². The van der Waals surface area contributed by atoms with Crippen LogP contribution < -0.4 is 4.90 Å². The van der Waals surface area contributed by atoms with Gasteiger partial charge in [-0.2, -0.15) is 0 Å². The number of nitrogens with zero attached hydrogens (tertiary/aromatic N) is 4. The van der Waals surface area contributed by atoms with Gasteiger partial charge >= 0.3 is 5.97 Å². The summed E-state index contributed by atoms with van der Waals surface area (Å²) in [6.45, 7) is 4.75. The van der Waals surface area contributed by atoms with Crippen LogP contribution in [0.1, 0.15) is 11.1 Å². The number of ether oxygens (including phenoxy) is 1. The predicted octanol–water partition coefficient (Wildman–Crippen LogP) is 4.85. The fourth-order valence-corrected chi connectivity index (χ4v) is 5.26. The van der Waals surface area contributed by atoms with Gasteiger partial charge in [0.05, 0.1) is 29.9 Å². The Hall–Kier alpha value is -3.07. The minimum Gasteiger partial charge on any atom is -0.481 e. The first-order valence-corrected chi connectivity index (χ1v) is 11.8. The van der Waals surface area contributed by atoms with E-state index >= 15 is 0 Å². The molecule has 4 aromatic rings. The average molecular weight is 481 g/mol. The number of anilines is 1. The number of thiazole rings is 1. The number of halogens is 1. The van der Waals surface area contributed by atoms with Crippen LogP contribution in [-0.4, -0.2) is 52.3 Å². The number of aromatic nitrogens is 3. The van der Waals surface area contributed by atoms with E-state index in [1.807, 2.05) is 43.3 Å². The second-order valence-electron chi connectivity index (χ2n) is 7.83. The largest absolute Gasteiger partial charge is 0.481 e. The molecule has 0 atom stereocenters. The second-order valence-corrected chi connectivity index (χ2v) is 9.27. The Balaban J connectivity index is 1.65. The number of aliphatic carboxylic acids is 1. The highest BCUT2D eigenvalue weighted by atomic mass is 35.5. The van der Waals surface area contributed by atoms with Gasteiger partial charge < -0.3 is 14.7 Å². The van der Waals surface area contributed by atoms with E-state index in [2.05, 4.69) is 9.88 Å². The van der Waals surface area contributed by atoms with Crippen molar-refractivity contribution in [3.05, 3.63) is 58.7 Å². The van der Waals surface area contributed by atoms with Crippen LogP contribution in [0, 0.1) is 6.92 Å². The average Bonchev–Trinajstić information content (AvgIpc) is 3.24.